The van der Waals surface area contributed by atoms with E-state index in [0.29, 0.717) is 22.6 Å². The predicted octanol–water partition coefficient (Wildman–Crippen LogP) is 2.20. The van der Waals surface area contributed by atoms with E-state index in [1.165, 1.54) is 6.33 Å². The van der Waals surface area contributed by atoms with Gasteiger partial charge < -0.3 is 30.0 Å². The van der Waals surface area contributed by atoms with Crippen LogP contribution < -0.4 is 10.5 Å². The Morgan fingerprint density at radius 3 is 2.81 bits per heavy atom. The van der Waals surface area contributed by atoms with E-state index < -0.39 is 24.5 Å². The van der Waals surface area contributed by atoms with Crippen LogP contribution in [0, 0.1) is 6.92 Å². The number of benzene rings is 1. The van der Waals surface area contributed by atoms with Crippen molar-refractivity contribution in [3.05, 3.63) is 54.6 Å². The van der Waals surface area contributed by atoms with Crippen LogP contribution in [0.4, 0.5) is 5.82 Å². The number of aliphatic hydroxyl groups excluding tert-OH is 2. The van der Waals surface area contributed by atoms with Crippen molar-refractivity contribution in [1.29, 1.82) is 0 Å². The van der Waals surface area contributed by atoms with Gasteiger partial charge in [0.15, 0.2) is 6.23 Å². The molecule has 0 amide bonds. The third-order valence-electron chi connectivity index (χ3n) is 5.44. The summed E-state index contributed by atoms with van der Waals surface area (Å²) in [4.78, 5) is 12.6. The molecule has 0 saturated carbocycles. The van der Waals surface area contributed by atoms with E-state index in [2.05, 4.69) is 15.0 Å². The first-order valence-electron chi connectivity index (χ1n) is 9.60. The summed E-state index contributed by atoms with van der Waals surface area (Å²) < 4.78 is 13.5. The number of nitrogen functional groups attached to an aromatic ring is 1. The second-order valence-electron chi connectivity index (χ2n) is 7.37. The molecule has 1 saturated heterocycles. The zero-order chi connectivity index (χ0) is 20.8. The first kappa shape index (κ1) is 21.0. The van der Waals surface area contributed by atoms with Crippen LogP contribution in [0.25, 0.3) is 21.9 Å². The van der Waals surface area contributed by atoms with Gasteiger partial charge in [0.25, 0.3) is 0 Å². The fraction of sp³-hybridized carbons (Fsp3) is 0.318. The van der Waals surface area contributed by atoms with Gasteiger partial charge in [0, 0.05) is 23.3 Å². The maximum absolute atomic E-state index is 10.7. The molecule has 0 unspecified atom stereocenters. The molecule has 1 fully saturated rings. The second kappa shape index (κ2) is 8.10. The predicted molar refractivity (Wildman–Crippen MR) is 117 cm³/mol. The quantitative estimate of drug-likeness (QED) is 0.456. The summed E-state index contributed by atoms with van der Waals surface area (Å²) in [5, 5.41) is 22.9. The van der Waals surface area contributed by atoms with Crippen molar-refractivity contribution in [3.63, 3.8) is 0 Å². The Balaban J connectivity index is 0.00000231. The standard InChI is InChI=1S/C21H21N5O4.CH4/c1-11-7-14-19(22)24-10-25-20(14)26(11)21-18(28)17(27)16(30-21)9-29-13-5-4-12-3-2-6-23-15(12)8-13;/h2-8,10,16-18,21,27-28H,9H2,1H3,(H2,22,24,25);1H4/t16-,17-,18-,21-;/m1./s1. The molecule has 9 nitrogen and oxygen atoms in total. The summed E-state index contributed by atoms with van der Waals surface area (Å²) in [6.07, 6.45) is -0.734. The Bertz CT molecular complexity index is 1230. The molecule has 0 bridgehead atoms. The summed E-state index contributed by atoms with van der Waals surface area (Å²) in [6, 6.07) is 11.3. The van der Waals surface area contributed by atoms with E-state index in [1.807, 2.05) is 43.3 Å². The van der Waals surface area contributed by atoms with Crippen molar-refractivity contribution in [2.75, 3.05) is 12.3 Å². The van der Waals surface area contributed by atoms with Crippen molar-refractivity contribution in [1.82, 2.24) is 19.5 Å². The van der Waals surface area contributed by atoms with Crippen LogP contribution in [0.1, 0.15) is 19.3 Å². The number of nitrogens with two attached hydrogens (primary N) is 1. The summed E-state index contributed by atoms with van der Waals surface area (Å²) in [5.41, 5.74) is 8.08. The summed E-state index contributed by atoms with van der Waals surface area (Å²) >= 11 is 0. The fourth-order valence-electron chi connectivity index (χ4n) is 3.89. The van der Waals surface area contributed by atoms with Gasteiger partial charge in [0.1, 0.15) is 48.5 Å². The number of aryl methyl sites for hydroxylation is 1. The highest BCUT2D eigenvalue weighted by molar-refractivity contribution is 5.87. The molecular weight excluding hydrogens is 398 g/mol. The highest BCUT2D eigenvalue weighted by Gasteiger charge is 2.45. The van der Waals surface area contributed by atoms with Crippen LogP contribution in [0.2, 0.25) is 0 Å². The number of hydrogen-bond donors (Lipinski definition) is 3. The van der Waals surface area contributed by atoms with E-state index in [-0.39, 0.29) is 14.0 Å². The SMILES string of the molecule is C.Cc1cc2c(N)ncnc2n1[C@@H]1O[C@H](COc2ccc3cccnc3c2)[C@@H](O)[C@H]1O. The molecule has 0 spiro atoms. The minimum atomic E-state index is -1.15. The molecule has 0 radical (unpaired) electrons. The molecule has 4 N–H and O–H groups in total. The van der Waals surface area contributed by atoms with Crippen molar-refractivity contribution in [2.45, 2.75) is 38.9 Å². The van der Waals surface area contributed by atoms with Gasteiger partial charge in [0.05, 0.1) is 10.9 Å². The molecule has 1 aromatic carbocycles. The molecule has 31 heavy (non-hydrogen) atoms. The lowest BCUT2D eigenvalue weighted by Crippen LogP contribution is -2.34. The molecule has 5 rings (SSSR count). The summed E-state index contributed by atoms with van der Waals surface area (Å²) in [7, 11) is 0. The molecule has 4 heterocycles. The molecular formula is C22H25N5O4. The van der Waals surface area contributed by atoms with Crippen LogP contribution in [0.15, 0.2) is 48.9 Å². The van der Waals surface area contributed by atoms with E-state index in [9.17, 15) is 10.2 Å². The molecule has 4 aromatic rings. The largest absolute Gasteiger partial charge is 0.491 e. The van der Waals surface area contributed by atoms with E-state index >= 15 is 0 Å². The maximum Gasteiger partial charge on any atom is 0.164 e. The molecule has 4 atom stereocenters. The van der Waals surface area contributed by atoms with Gasteiger partial charge in [-0.2, -0.15) is 0 Å². The van der Waals surface area contributed by atoms with Crippen molar-refractivity contribution in [3.8, 4) is 5.75 Å². The van der Waals surface area contributed by atoms with E-state index in [1.54, 1.807) is 10.8 Å². The third-order valence-corrected chi connectivity index (χ3v) is 5.44. The number of nitrogens with zero attached hydrogens (tertiary/aromatic N) is 4. The van der Waals surface area contributed by atoms with E-state index in [0.717, 1.165) is 16.6 Å². The number of fused-ring (bicyclic) bond motifs is 2. The minimum absolute atomic E-state index is 0. The van der Waals surface area contributed by atoms with Crippen LogP contribution in [-0.2, 0) is 4.74 Å². The maximum atomic E-state index is 10.7. The number of aromatic nitrogens is 4. The lowest BCUT2D eigenvalue weighted by atomic mass is 10.1. The first-order valence-corrected chi connectivity index (χ1v) is 9.60. The monoisotopic (exact) mass is 423 g/mol. The fourth-order valence-corrected chi connectivity index (χ4v) is 3.89. The lowest BCUT2D eigenvalue weighted by molar-refractivity contribution is -0.0480. The zero-order valence-electron chi connectivity index (χ0n) is 16.2. The summed E-state index contributed by atoms with van der Waals surface area (Å²) in [6.45, 7) is 1.93. The Hall–Kier alpha value is -3.27. The van der Waals surface area contributed by atoms with Crippen LogP contribution in [0.5, 0.6) is 5.75 Å². The smallest absolute Gasteiger partial charge is 0.164 e. The van der Waals surface area contributed by atoms with Gasteiger partial charge in [-0.1, -0.05) is 13.5 Å². The highest BCUT2D eigenvalue weighted by Crippen LogP contribution is 2.35. The molecule has 1 aliphatic rings. The normalized spacial score (nSPS) is 23.2. The van der Waals surface area contributed by atoms with Gasteiger partial charge in [0.2, 0.25) is 0 Å². The third kappa shape index (κ3) is 3.56. The number of pyridine rings is 1. The van der Waals surface area contributed by atoms with E-state index in [4.69, 9.17) is 15.2 Å². The second-order valence-corrected chi connectivity index (χ2v) is 7.37. The number of anilines is 1. The molecule has 0 aliphatic carbocycles. The Morgan fingerprint density at radius 2 is 1.97 bits per heavy atom. The Labute approximate surface area is 179 Å². The van der Waals surface area contributed by atoms with Gasteiger partial charge in [-0.25, -0.2) is 9.97 Å². The van der Waals surface area contributed by atoms with Crippen LogP contribution >= 0.6 is 0 Å². The first-order chi connectivity index (χ1) is 14.5. The number of ether oxygens (including phenoxy) is 2. The van der Waals surface area contributed by atoms with Gasteiger partial charge in [-0.3, -0.25) is 4.98 Å². The minimum Gasteiger partial charge on any atom is -0.491 e. The topological polar surface area (TPSA) is 129 Å². The average molecular weight is 423 g/mol. The number of hydrogen-bond acceptors (Lipinski definition) is 8. The highest BCUT2D eigenvalue weighted by atomic mass is 16.6. The Kier molecular flexibility index (Phi) is 5.48. The van der Waals surface area contributed by atoms with Gasteiger partial charge in [-0.15, -0.1) is 0 Å². The van der Waals surface area contributed by atoms with Crippen LogP contribution in [0.3, 0.4) is 0 Å². The molecule has 3 aromatic heterocycles. The molecule has 1 aliphatic heterocycles. The average Bonchev–Trinajstić information content (AvgIpc) is 3.23. The van der Waals surface area contributed by atoms with Crippen molar-refractivity contribution in [2.24, 2.45) is 0 Å². The van der Waals surface area contributed by atoms with Crippen molar-refractivity contribution < 1.29 is 19.7 Å². The number of rotatable bonds is 4. The molecule has 9 heteroatoms. The summed E-state index contributed by atoms with van der Waals surface area (Å²) in [5.74, 6) is 0.956. The van der Waals surface area contributed by atoms with Crippen LogP contribution in [-0.4, -0.2) is 54.7 Å². The zero-order valence-corrected chi connectivity index (χ0v) is 16.2. The lowest BCUT2D eigenvalue weighted by Gasteiger charge is -2.19. The van der Waals surface area contributed by atoms with Gasteiger partial charge >= 0.3 is 0 Å². The Morgan fingerprint density at radius 1 is 1.13 bits per heavy atom. The molecule has 162 valence electrons. The number of aliphatic hydroxyl groups is 2. The van der Waals surface area contributed by atoms with Gasteiger partial charge in [-0.05, 0) is 31.2 Å². The van der Waals surface area contributed by atoms with Crippen molar-refractivity contribution >= 4 is 27.8 Å².